The van der Waals surface area contributed by atoms with E-state index in [-0.39, 0.29) is 12.1 Å². The summed E-state index contributed by atoms with van der Waals surface area (Å²) in [6.07, 6.45) is 7.90. The Morgan fingerprint density at radius 1 is 0.912 bits per heavy atom. The molecule has 1 aromatic carbocycles. The van der Waals surface area contributed by atoms with Crippen LogP contribution in [-0.2, 0) is 17.6 Å². The number of benzene rings is 1. The van der Waals surface area contributed by atoms with Crippen molar-refractivity contribution in [3.63, 3.8) is 0 Å². The van der Waals surface area contributed by atoms with Crippen LogP contribution < -0.4 is 15.5 Å². The summed E-state index contributed by atoms with van der Waals surface area (Å²) in [5.41, 5.74) is 5.80. The van der Waals surface area contributed by atoms with E-state index in [1.165, 1.54) is 24.1 Å². The first-order chi connectivity index (χ1) is 16.2. The summed E-state index contributed by atoms with van der Waals surface area (Å²) in [6.45, 7) is 5.78. The van der Waals surface area contributed by atoms with Gasteiger partial charge in [0.1, 0.15) is 5.82 Å². The number of carbonyl (C=O) groups excluding carboxylic acids is 2. The van der Waals surface area contributed by atoms with Gasteiger partial charge in [-0.25, -0.2) is 4.98 Å². The van der Waals surface area contributed by atoms with Crippen LogP contribution in [0.4, 0.5) is 11.8 Å². The van der Waals surface area contributed by atoms with E-state index in [0.717, 1.165) is 61.0 Å². The van der Waals surface area contributed by atoms with Gasteiger partial charge in [-0.3, -0.25) is 9.59 Å². The predicted molar refractivity (Wildman–Crippen MR) is 136 cm³/mol. The Hall–Kier alpha value is -2.96. The number of aryl methyl sites for hydroxylation is 4. The summed E-state index contributed by atoms with van der Waals surface area (Å²) in [7, 11) is 4.07. The van der Waals surface area contributed by atoms with Gasteiger partial charge in [0.15, 0.2) is 0 Å². The smallest absolute Gasteiger partial charge is 0.292 e. The topological polar surface area (TPSA) is 87.2 Å². The lowest BCUT2D eigenvalue weighted by atomic mass is 9.90. The van der Waals surface area contributed by atoms with Crippen LogP contribution in [0.3, 0.4) is 0 Å². The zero-order chi connectivity index (χ0) is 24.4. The number of amides is 1. The Labute approximate surface area is 202 Å². The Balaban J connectivity index is 1.35. The van der Waals surface area contributed by atoms with Crippen molar-refractivity contribution < 1.29 is 9.59 Å². The fraction of sp³-hybridized carbons (Fsp3) is 0.556. The molecule has 182 valence electrons. The molecule has 0 radical (unpaired) electrons. The van der Waals surface area contributed by atoms with Crippen molar-refractivity contribution in [2.24, 2.45) is 0 Å². The molecular weight excluding hydrogens is 426 g/mol. The minimum Gasteiger partial charge on any atom is -0.362 e. The largest absolute Gasteiger partial charge is 0.362 e. The molecule has 0 bridgehead atoms. The monoisotopic (exact) mass is 463 g/mol. The third kappa shape index (κ3) is 5.24. The van der Waals surface area contributed by atoms with Crippen molar-refractivity contribution >= 4 is 23.5 Å². The minimum atomic E-state index is -0.500. The second-order valence-corrected chi connectivity index (χ2v) is 10.2. The van der Waals surface area contributed by atoms with Gasteiger partial charge in [0, 0.05) is 37.3 Å². The normalized spacial score (nSPS) is 19.8. The molecule has 0 saturated heterocycles. The van der Waals surface area contributed by atoms with E-state index in [1.807, 2.05) is 47.0 Å². The first-order valence-corrected chi connectivity index (χ1v) is 12.5. The summed E-state index contributed by atoms with van der Waals surface area (Å²) in [5, 5.41) is 6.52. The molecule has 2 N–H and O–H groups in total. The number of nitrogens with one attached hydrogen (secondary N) is 2. The van der Waals surface area contributed by atoms with Crippen LogP contribution in [-0.4, -0.2) is 47.8 Å². The van der Waals surface area contributed by atoms with Gasteiger partial charge in [0.05, 0.1) is 5.69 Å². The zero-order valence-corrected chi connectivity index (χ0v) is 21.1. The van der Waals surface area contributed by atoms with Crippen molar-refractivity contribution in [3.05, 3.63) is 45.6 Å². The molecule has 1 saturated carbocycles. The van der Waals surface area contributed by atoms with Gasteiger partial charge in [-0.2, -0.15) is 4.98 Å². The number of hydrogen-bond acceptors (Lipinski definition) is 6. The van der Waals surface area contributed by atoms with E-state index in [1.54, 1.807) is 0 Å². The van der Waals surface area contributed by atoms with Crippen molar-refractivity contribution in [1.29, 1.82) is 0 Å². The molecule has 1 fully saturated rings. The Morgan fingerprint density at radius 2 is 1.53 bits per heavy atom. The Kier molecular flexibility index (Phi) is 7.19. The minimum absolute atomic E-state index is 0.0161. The second kappa shape index (κ2) is 10.1. The fourth-order valence-electron chi connectivity index (χ4n) is 5.48. The number of hydrogen-bond donors (Lipinski definition) is 2. The third-order valence-electron chi connectivity index (χ3n) is 7.09. The van der Waals surface area contributed by atoms with Gasteiger partial charge in [-0.1, -0.05) is 17.7 Å². The summed E-state index contributed by atoms with van der Waals surface area (Å²) in [5.74, 6) is 0.791. The van der Waals surface area contributed by atoms with Gasteiger partial charge in [0.25, 0.3) is 11.7 Å². The van der Waals surface area contributed by atoms with Crippen LogP contribution in [0.1, 0.15) is 76.8 Å². The van der Waals surface area contributed by atoms with E-state index >= 15 is 0 Å². The summed E-state index contributed by atoms with van der Waals surface area (Å²) in [6, 6.07) is 4.19. The van der Waals surface area contributed by atoms with Gasteiger partial charge in [0.2, 0.25) is 5.95 Å². The number of nitrogens with zero attached hydrogens (tertiary/aromatic N) is 3. The van der Waals surface area contributed by atoms with Crippen LogP contribution in [0.15, 0.2) is 12.1 Å². The number of rotatable bonds is 6. The van der Waals surface area contributed by atoms with E-state index in [4.69, 9.17) is 9.97 Å². The lowest BCUT2D eigenvalue weighted by Gasteiger charge is -2.30. The second-order valence-electron chi connectivity index (χ2n) is 10.2. The number of anilines is 2. The molecule has 0 aliphatic heterocycles. The first-order valence-electron chi connectivity index (χ1n) is 12.5. The highest BCUT2D eigenvalue weighted by Gasteiger charge is 2.27. The average Bonchev–Trinajstić information content (AvgIpc) is 2.79. The van der Waals surface area contributed by atoms with E-state index in [9.17, 15) is 9.59 Å². The molecule has 1 amide bonds. The number of ketones is 1. The standard InChI is InChI=1S/C27H37N5O2/c1-16-14-17(2)23(18(3)15-16)24(33)26(34)28-19-10-12-20(13-11-19)29-27-30-22-9-7-6-8-21(22)25(31-27)32(4)5/h14-15,19-20H,6-13H2,1-5H3,(H,28,34)(H,29,30,31)/t19-,20+. The van der Waals surface area contributed by atoms with E-state index < -0.39 is 11.7 Å². The van der Waals surface area contributed by atoms with Crippen LogP contribution in [0, 0.1) is 20.8 Å². The molecule has 1 aromatic heterocycles. The molecule has 0 unspecified atom stereocenters. The maximum Gasteiger partial charge on any atom is 0.292 e. The molecule has 7 nitrogen and oxygen atoms in total. The maximum absolute atomic E-state index is 12.8. The number of carbonyl (C=O) groups is 2. The highest BCUT2D eigenvalue weighted by molar-refractivity contribution is 6.43. The fourth-order valence-corrected chi connectivity index (χ4v) is 5.48. The number of fused-ring (bicyclic) bond motifs is 1. The third-order valence-corrected chi connectivity index (χ3v) is 7.09. The van der Waals surface area contributed by atoms with E-state index in [0.29, 0.717) is 11.5 Å². The number of aromatic nitrogens is 2. The SMILES string of the molecule is Cc1cc(C)c(C(=O)C(=O)N[C@H]2CC[C@@H](Nc3nc4c(c(N(C)C)n3)CCCC4)CC2)c(C)c1. The molecule has 1 heterocycles. The van der Waals surface area contributed by atoms with Crippen LogP contribution >= 0.6 is 0 Å². The van der Waals surface area contributed by atoms with Gasteiger partial charge in [-0.05, 0) is 83.3 Å². The maximum atomic E-state index is 12.8. The first kappa shape index (κ1) is 24.2. The van der Waals surface area contributed by atoms with Gasteiger partial charge in [-0.15, -0.1) is 0 Å². The molecule has 34 heavy (non-hydrogen) atoms. The Bertz CT molecular complexity index is 1060. The molecule has 2 aliphatic carbocycles. The molecule has 7 heteroatoms. The Morgan fingerprint density at radius 3 is 2.18 bits per heavy atom. The highest BCUT2D eigenvalue weighted by Crippen LogP contribution is 2.29. The van der Waals surface area contributed by atoms with Crippen molar-refractivity contribution in [3.8, 4) is 0 Å². The molecule has 0 spiro atoms. The molecular formula is C27H37N5O2. The molecule has 2 aromatic rings. The lowest BCUT2D eigenvalue weighted by molar-refractivity contribution is -0.117. The van der Waals surface area contributed by atoms with Crippen LogP contribution in [0.25, 0.3) is 0 Å². The van der Waals surface area contributed by atoms with Crippen LogP contribution in [0.2, 0.25) is 0 Å². The molecule has 2 aliphatic rings. The number of Topliss-reactive ketones (excluding diaryl/α,β-unsaturated/α-hetero) is 1. The predicted octanol–water partition coefficient (Wildman–Crippen LogP) is 4.07. The molecule has 0 atom stereocenters. The summed E-state index contributed by atoms with van der Waals surface area (Å²) in [4.78, 5) is 37.3. The highest BCUT2D eigenvalue weighted by atomic mass is 16.2. The lowest BCUT2D eigenvalue weighted by Crippen LogP contribution is -2.43. The van der Waals surface area contributed by atoms with Crippen molar-refractivity contribution in [2.75, 3.05) is 24.3 Å². The summed E-state index contributed by atoms with van der Waals surface area (Å²) < 4.78 is 0. The quantitative estimate of drug-likeness (QED) is 0.496. The van der Waals surface area contributed by atoms with Crippen molar-refractivity contribution in [2.45, 2.75) is 84.2 Å². The van der Waals surface area contributed by atoms with Crippen molar-refractivity contribution in [1.82, 2.24) is 15.3 Å². The van der Waals surface area contributed by atoms with Gasteiger partial charge >= 0.3 is 0 Å². The van der Waals surface area contributed by atoms with Crippen LogP contribution in [0.5, 0.6) is 0 Å². The molecule has 4 rings (SSSR count). The summed E-state index contributed by atoms with van der Waals surface area (Å²) >= 11 is 0. The average molecular weight is 464 g/mol. The van der Waals surface area contributed by atoms with Gasteiger partial charge < -0.3 is 15.5 Å². The zero-order valence-electron chi connectivity index (χ0n) is 21.1. The van der Waals surface area contributed by atoms with E-state index in [2.05, 4.69) is 15.5 Å².